The van der Waals surface area contributed by atoms with Gasteiger partial charge in [0.25, 0.3) is 5.91 Å². The van der Waals surface area contributed by atoms with Gasteiger partial charge < -0.3 is 23.9 Å². The van der Waals surface area contributed by atoms with Gasteiger partial charge in [-0.1, -0.05) is 18.2 Å². The Labute approximate surface area is 182 Å². The molecular weight excluding hydrogens is 412 g/mol. The monoisotopic (exact) mass is 430 g/mol. The van der Waals surface area contributed by atoms with Gasteiger partial charge in [-0.25, -0.2) is 9.78 Å². The molecule has 2 aromatic heterocycles. The van der Waals surface area contributed by atoms with Crippen LogP contribution in [0, 0.1) is 0 Å². The third-order valence-corrected chi connectivity index (χ3v) is 5.00. The molecule has 0 spiro atoms. The number of furan rings is 1. The first-order valence-corrected chi connectivity index (χ1v) is 9.93. The van der Waals surface area contributed by atoms with Gasteiger partial charge in [0.05, 0.1) is 17.3 Å². The average molecular weight is 430 g/mol. The number of para-hydroxylation sites is 1. The van der Waals surface area contributed by atoms with Crippen LogP contribution in [-0.2, 0) is 9.53 Å². The summed E-state index contributed by atoms with van der Waals surface area (Å²) in [4.78, 5) is 30.2. The van der Waals surface area contributed by atoms with Crippen molar-refractivity contribution in [2.45, 2.75) is 13.0 Å². The second-order valence-corrected chi connectivity index (χ2v) is 7.15. The van der Waals surface area contributed by atoms with Crippen molar-refractivity contribution < 1.29 is 28.2 Å². The molecule has 0 aliphatic carbocycles. The molecule has 3 heterocycles. The predicted molar refractivity (Wildman–Crippen MR) is 116 cm³/mol. The minimum absolute atomic E-state index is 0.140. The fourth-order valence-corrected chi connectivity index (χ4v) is 3.39. The van der Waals surface area contributed by atoms with Gasteiger partial charge in [0.2, 0.25) is 6.79 Å². The molecule has 0 fully saturated rings. The van der Waals surface area contributed by atoms with Crippen molar-refractivity contribution in [3.8, 4) is 23.0 Å². The third kappa shape index (κ3) is 3.74. The molecule has 0 saturated carbocycles. The lowest BCUT2D eigenvalue weighted by molar-refractivity contribution is -0.123. The molecule has 0 saturated heterocycles. The van der Waals surface area contributed by atoms with Crippen LogP contribution in [0.1, 0.15) is 17.3 Å². The highest BCUT2D eigenvalue weighted by Crippen LogP contribution is 2.34. The summed E-state index contributed by atoms with van der Waals surface area (Å²) in [6.07, 6.45) is 0.499. The minimum atomic E-state index is -1.04. The van der Waals surface area contributed by atoms with E-state index in [1.165, 1.54) is 13.2 Å². The Morgan fingerprint density at radius 1 is 1.03 bits per heavy atom. The van der Waals surface area contributed by atoms with E-state index in [0.717, 1.165) is 0 Å². The summed E-state index contributed by atoms with van der Waals surface area (Å²) in [5.41, 5.74) is 1.92. The number of hydrogen-bond donors (Lipinski definition) is 1. The number of nitrogens with one attached hydrogen (secondary N) is 1. The number of carbonyl (C=O) groups excluding carboxylic acids is 2. The van der Waals surface area contributed by atoms with Crippen molar-refractivity contribution in [3.05, 3.63) is 72.5 Å². The predicted octanol–water partition coefficient (Wildman–Crippen LogP) is 4.41. The molecule has 1 unspecified atom stereocenters. The number of benzene rings is 2. The van der Waals surface area contributed by atoms with Crippen LogP contribution >= 0.6 is 0 Å². The quantitative estimate of drug-likeness (QED) is 0.468. The molecule has 0 bridgehead atoms. The maximum Gasteiger partial charge on any atom is 0.339 e. The lowest BCUT2D eigenvalue weighted by atomic mass is 10.1. The van der Waals surface area contributed by atoms with Crippen molar-refractivity contribution in [2.75, 3.05) is 12.1 Å². The standard InChI is InChI=1S/C24H18N2O6/c1-14(23(27)25-15-8-9-21-22(11-15)31-13-30-21)32-24(28)17-12-19(20-7-4-10-29-20)26-18-6-3-2-5-16(17)18/h2-12,14H,13H2,1H3,(H,25,27). The Kier molecular flexibility index (Phi) is 4.95. The van der Waals surface area contributed by atoms with E-state index in [1.54, 1.807) is 48.5 Å². The molecular formula is C24H18N2O6. The third-order valence-electron chi connectivity index (χ3n) is 5.00. The summed E-state index contributed by atoms with van der Waals surface area (Å²) in [6, 6.07) is 17.4. The van der Waals surface area contributed by atoms with Gasteiger partial charge in [0, 0.05) is 17.1 Å². The Morgan fingerprint density at radius 3 is 2.72 bits per heavy atom. The number of carbonyl (C=O) groups is 2. The molecule has 32 heavy (non-hydrogen) atoms. The van der Waals surface area contributed by atoms with Crippen LogP contribution in [0.5, 0.6) is 11.5 Å². The highest BCUT2D eigenvalue weighted by atomic mass is 16.7. The molecule has 1 N–H and O–H groups in total. The van der Waals surface area contributed by atoms with Crippen LogP contribution in [0.25, 0.3) is 22.4 Å². The second-order valence-electron chi connectivity index (χ2n) is 7.15. The number of rotatable bonds is 5. The molecule has 1 amide bonds. The number of aromatic nitrogens is 1. The molecule has 5 rings (SSSR count). The van der Waals surface area contributed by atoms with E-state index in [1.807, 2.05) is 12.1 Å². The van der Waals surface area contributed by atoms with E-state index in [-0.39, 0.29) is 6.79 Å². The van der Waals surface area contributed by atoms with Crippen molar-refractivity contribution in [1.82, 2.24) is 4.98 Å². The molecule has 4 aromatic rings. The number of nitrogens with zero attached hydrogens (tertiary/aromatic N) is 1. The normalized spacial score (nSPS) is 13.0. The maximum atomic E-state index is 13.0. The number of fused-ring (bicyclic) bond motifs is 2. The van der Waals surface area contributed by atoms with Crippen LogP contribution in [0.4, 0.5) is 5.69 Å². The molecule has 1 aliphatic heterocycles. The van der Waals surface area contributed by atoms with Crippen LogP contribution in [0.2, 0.25) is 0 Å². The highest BCUT2D eigenvalue weighted by Gasteiger charge is 2.23. The summed E-state index contributed by atoms with van der Waals surface area (Å²) in [7, 11) is 0. The van der Waals surface area contributed by atoms with Crippen LogP contribution in [0.15, 0.2) is 71.3 Å². The van der Waals surface area contributed by atoms with Gasteiger partial charge in [-0.15, -0.1) is 0 Å². The van der Waals surface area contributed by atoms with E-state index in [2.05, 4.69) is 10.3 Å². The van der Waals surface area contributed by atoms with Gasteiger partial charge in [0.1, 0.15) is 5.69 Å². The fourth-order valence-electron chi connectivity index (χ4n) is 3.39. The zero-order valence-corrected chi connectivity index (χ0v) is 17.0. The molecule has 160 valence electrons. The van der Waals surface area contributed by atoms with E-state index in [0.29, 0.717) is 45.1 Å². The summed E-state index contributed by atoms with van der Waals surface area (Å²) in [5, 5.41) is 3.34. The van der Waals surface area contributed by atoms with Crippen molar-refractivity contribution >= 4 is 28.5 Å². The summed E-state index contributed by atoms with van der Waals surface area (Å²) in [5.74, 6) is 0.575. The Morgan fingerprint density at radius 2 is 1.88 bits per heavy atom. The molecule has 1 aliphatic rings. The number of amides is 1. The smallest absolute Gasteiger partial charge is 0.339 e. The first-order valence-electron chi connectivity index (χ1n) is 9.93. The van der Waals surface area contributed by atoms with E-state index in [4.69, 9.17) is 18.6 Å². The SMILES string of the molecule is CC(OC(=O)c1cc(-c2ccco2)nc2ccccc12)C(=O)Nc1ccc2c(c1)OCO2. The zero-order valence-electron chi connectivity index (χ0n) is 17.0. The molecule has 2 aromatic carbocycles. The van der Waals surface area contributed by atoms with Crippen LogP contribution < -0.4 is 14.8 Å². The summed E-state index contributed by atoms with van der Waals surface area (Å²) >= 11 is 0. The fraction of sp³-hybridized carbons (Fsp3) is 0.125. The second kappa shape index (κ2) is 8.07. The summed E-state index contributed by atoms with van der Waals surface area (Å²) in [6.45, 7) is 1.65. The Hall–Kier alpha value is -4.33. The molecule has 8 nitrogen and oxygen atoms in total. The van der Waals surface area contributed by atoms with E-state index >= 15 is 0 Å². The molecule has 1 atom stereocenters. The van der Waals surface area contributed by atoms with Gasteiger partial charge >= 0.3 is 5.97 Å². The summed E-state index contributed by atoms with van der Waals surface area (Å²) < 4.78 is 21.5. The minimum Gasteiger partial charge on any atom is -0.463 e. The van der Waals surface area contributed by atoms with Crippen LogP contribution in [-0.4, -0.2) is 29.8 Å². The van der Waals surface area contributed by atoms with E-state index in [9.17, 15) is 9.59 Å². The Balaban J connectivity index is 1.36. The van der Waals surface area contributed by atoms with Gasteiger partial charge in [-0.2, -0.15) is 0 Å². The largest absolute Gasteiger partial charge is 0.463 e. The number of hydrogen-bond acceptors (Lipinski definition) is 7. The number of esters is 1. The molecule has 0 radical (unpaired) electrons. The van der Waals surface area contributed by atoms with Gasteiger partial charge in [-0.05, 0) is 43.3 Å². The first kappa shape index (κ1) is 19.6. The topological polar surface area (TPSA) is 99.9 Å². The maximum absolute atomic E-state index is 13.0. The molecule has 8 heteroatoms. The van der Waals surface area contributed by atoms with Gasteiger partial charge in [0.15, 0.2) is 23.4 Å². The van der Waals surface area contributed by atoms with E-state index < -0.39 is 18.0 Å². The lowest BCUT2D eigenvalue weighted by Gasteiger charge is -2.15. The van der Waals surface area contributed by atoms with Gasteiger partial charge in [-0.3, -0.25) is 4.79 Å². The number of anilines is 1. The number of pyridine rings is 1. The lowest BCUT2D eigenvalue weighted by Crippen LogP contribution is -2.30. The van der Waals surface area contributed by atoms with Crippen LogP contribution in [0.3, 0.4) is 0 Å². The zero-order chi connectivity index (χ0) is 22.1. The van der Waals surface area contributed by atoms with Crippen molar-refractivity contribution in [2.24, 2.45) is 0 Å². The number of ether oxygens (including phenoxy) is 3. The average Bonchev–Trinajstić information content (AvgIpc) is 3.50. The Bertz CT molecular complexity index is 1320. The first-order chi connectivity index (χ1) is 15.6. The highest BCUT2D eigenvalue weighted by molar-refractivity contribution is 6.05. The van der Waals surface area contributed by atoms with Crippen molar-refractivity contribution in [1.29, 1.82) is 0 Å². The van der Waals surface area contributed by atoms with Crippen molar-refractivity contribution in [3.63, 3.8) is 0 Å².